The molecule has 0 saturated heterocycles. The summed E-state index contributed by atoms with van der Waals surface area (Å²) < 4.78 is 0. The van der Waals surface area contributed by atoms with Crippen molar-refractivity contribution in [2.24, 2.45) is 17.7 Å². The molecule has 0 bridgehead atoms. The Kier molecular flexibility index (Phi) is 13.8. The van der Waals surface area contributed by atoms with Gasteiger partial charge in [0.25, 0.3) is 11.8 Å². The highest BCUT2D eigenvalue weighted by Gasteiger charge is 2.33. The molecule has 5 amide bonds. The zero-order chi connectivity index (χ0) is 44.5. The molecule has 0 saturated carbocycles. The number of fused-ring (bicyclic) bond motifs is 2. The van der Waals surface area contributed by atoms with Crippen LogP contribution in [0.25, 0.3) is 22.3 Å². The van der Waals surface area contributed by atoms with Gasteiger partial charge in [0.1, 0.15) is 0 Å². The number of anilines is 2. The van der Waals surface area contributed by atoms with Gasteiger partial charge in [-0.2, -0.15) is 0 Å². The van der Waals surface area contributed by atoms with E-state index >= 15 is 0 Å². The van der Waals surface area contributed by atoms with Gasteiger partial charge in [-0.05, 0) is 119 Å². The van der Waals surface area contributed by atoms with E-state index in [9.17, 15) is 24.0 Å². The van der Waals surface area contributed by atoms with Gasteiger partial charge in [0.15, 0.2) is 0 Å². The van der Waals surface area contributed by atoms with E-state index in [0.29, 0.717) is 49.9 Å². The third-order valence-electron chi connectivity index (χ3n) is 11.3. The first-order valence-corrected chi connectivity index (χ1v) is 21.0. The number of hydrazine groups is 2. The lowest BCUT2D eigenvalue weighted by Crippen LogP contribution is -2.40. The first-order chi connectivity index (χ1) is 30.5. The molecule has 0 spiro atoms. The van der Waals surface area contributed by atoms with Crippen LogP contribution >= 0.6 is 0 Å². The van der Waals surface area contributed by atoms with Gasteiger partial charge in [-0.3, -0.25) is 50.2 Å². The Hall–Kier alpha value is -7.51. The first-order valence-electron chi connectivity index (χ1n) is 21.0. The number of carbonyl (C=O) groups is 5. The highest BCUT2D eigenvalue weighted by atomic mass is 16.2. The van der Waals surface area contributed by atoms with Crippen molar-refractivity contribution >= 4 is 40.9 Å². The van der Waals surface area contributed by atoms with Gasteiger partial charge in [0, 0.05) is 79.1 Å². The number of aromatic nitrogens is 2. The lowest BCUT2D eigenvalue weighted by atomic mass is 9.96. The van der Waals surface area contributed by atoms with Gasteiger partial charge < -0.3 is 9.80 Å². The predicted molar refractivity (Wildman–Crippen MR) is 243 cm³/mol. The van der Waals surface area contributed by atoms with Crippen LogP contribution in [0.3, 0.4) is 0 Å². The van der Waals surface area contributed by atoms with Gasteiger partial charge in [0.2, 0.25) is 17.7 Å². The SMILES string of the molecule is CC(=O)NNC(=O)c1cc(-c2ccncc2)cc2c1CCN2C(=O)[C@@H](C)Cc1ccccc1.C[C@@H](Cc1ccccc1)C(=O)N1CCc2c(C(=O)NN)cc(-c3ccncc3)cc21. The highest BCUT2D eigenvalue weighted by Crippen LogP contribution is 2.38. The average molecular weight is 843 g/mol. The molecule has 4 heterocycles. The van der Waals surface area contributed by atoms with E-state index in [1.165, 1.54) is 6.92 Å². The Morgan fingerprint density at radius 2 is 0.984 bits per heavy atom. The number of nitrogens with zero attached hydrogens (tertiary/aromatic N) is 4. The highest BCUT2D eigenvalue weighted by molar-refractivity contribution is 6.05. The van der Waals surface area contributed by atoms with Crippen molar-refractivity contribution in [1.82, 2.24) is 26.2 Å². The van der Waals surface area contributed by atoms with Crippen LogP contribution < -0.4 is 31.9 Å². The molecular formula is C50H50N8O5. The quantitative estimate of drug-likeness (QED) is 0.0694. The maximum Gasteiger partial charge on any atom is 0.270 e. The third-order valence-corrected chi connectivity index (χ3v) is 11.3. The first kappa shape index (κ1) is 43.6. The number of nitrogens with two attached hydrogens (primary N) is 1. The number of amides is 5. The number of benzene rings is 4. The van der Waals surface area contributed by atoms with Crippen LogP contribution in [0, 0.1) is 11.8 Å². The summed E-state index contributed by atoms with van der Waals surface area (Å²) in [5.41, 5.74) is 16.9. The van der Waals surface area contributed by atoms with E-state index in [1.54, 1.807) is 40.7 Å². The second kappa shape index (κ2) is 19.9. The van der Waals surface area contributed by atoms with Crippen molar-refractivity contribution in [3.05, 3.63) is 167 Å². The zero-order valence-electron chi connectivity index (χ0n) is 35.5. The van der Waals surface area contributed by atoms with E-state index in [0.717, 1.165) is 55.9 Å². The standard InChI is InChI=1S/C26H26N4O3.C24H24N4O2/c1-17(14-19-6-4-3-5-7-19)26(33)30-13-10-22-23(25(32)29-28-18(2)31)15-21(16-24(22)30)20-8-11-27-12-9-20;1-16(13-17-5-3-2-4-6-17)24(30)28-12-9-20-21(23(29)27-25)14-19(15-22(20)28)18-7-10-26-11-8-18/h3-9,11-12,15-17H,10,13-14H2,1-2H3,(H,28,31)(H,29,32);2-8,10-11,14-16H,9,12-13,25H2,1H3,(H,27,29)/t17-;16-/m00/s1. The molecule has 13 nitrogen and oxygen atoms in total. The lowest BCUT2D eigenvalue weighted by molar-refractivity contribution is -0.122. The van der Waals surface area contributed by atoms with Crippen LogP contribution in [-0.2, 0) is 40.1 Å². The molecule has 8 rings (SSSR count). The average Bonchev–Trinajstić information content (AvgIpc) is 3.96. The minimum Gasteiger partial charge on any atom is -0.312 e. The fourth-order valence-corrected chi connectivity index (χ4v) is 8.23. The van der Waals surface area contributed by atoms with Crippen molar-refractivity contribution in [3.8, 4) is 22.3 Å². The molecule has 2 atom stereocenters. The van der Waals surface area contributed by atoms with Gasteiger partial charge >= 0.3 is 0 Å². The predicted octanol–water partition coefficient (Wildman–Crippen LogP) is 6.42. The second-order valence-electron chi connectivity index (χ2n) is 15.8. The number of pyridine rings is 2. The van der Waals surface area contributed by atoms with Crippen molar-refractivity contribution in [2.45, 2.75) is 46.5 Å². The van der Waals surface area contributed by atoms with Gasteiger partial charge in [0.05, 0.1) is 0 Å². The van der Waals surface area contributed by atoms with E-state index in [4.69, 9.17) is 5.84 Å². The number of rotatable bonds is 10. The fourth-order valence-electron chi connectivity index (χ4n) is 8.23. The third kappa shape index (κ3) is 10.2. The smallest absolute Gasteiger partial charge is 0.270 e. The van der Waals surface area contributed by atoms with Crippen LogP contribution in [0.2, 0.25) is 0 Å². The van der Waals surface area contributed by atoms with Crippen LogP contribution in [0.1, 0.15) is 63.7 Å². The summed E-state index contributed by atoms with van der Waals surface area (Å²) in [6, 6.07) is 35.0. The van der Waals surface area contributed by atoms with Crippen LogP contribution in [0.5, 0.6) is 0 Å². The summed E-state index contributed by atoms with van der Waals surface area (Å²) in [6.07, 6.45) is 9.29. The Labute approximate surface area is 366 Å². The maximum atomic E-state index is 13.4. The molecule has 2 aromatic heterocycles. The number of hydrogen-bond donors (Lipinski definition) is 4. The van der Waals surface area contributed by atoms with Crippen molar-refractivity contribution in [1.29, 1.82) is 0 Å². The fraction of sp³-hybridized carbons (Fsp3) is 0.220. The van der Waals surface area contributed by atoms with E-state index < -0.39 is 5.91 Å². The summed E-state index contributed by atoms with van der Waals surface area (Å²) in [6.45, 7) is 6.27. The van der Waals surface area contributed by atoms with Crippen molar-refractivity contribution in [3.63, 3.8) is 0 Å². The van der Waals surface area contributed by atoms with E-state index in [1.807, 2.05) is 117 Å². The molecule has 0 radical (unpaired) electrons. The molecule has 0 aliphatic carbocycles. The summed E-state index contributed by atoms with van der Waals surface area (Å²) in [5.74, 6) is 4.00. The van der Waals surface area contributed by atoms with Gasteiger partial charge in [-0.25, -0.2) is 5.84 Å². The summed E-state index contributed by atoms with van der Waals surface area (Å²) >= 11 is 0. The molecular weight excluding hydrogens is 793 g/mol. The number of carbonyl (C=O) groups excluding carboxylic acids is 5. The zero-order valence-corrected chi connectivity index (χ0v) is 35.5. The topological polar surface area (TPSA) is 180 Å². The Balaban J connectivity index is 0.000000190. The van der Waals surface area contributed by atoms with Crippen LogP contribution in [-0.4, -0.2) is 52.6 Å². The molecule has 5 N–H and O–H groups in total. The maximum absolute atomic E-state index is 13.4. The minimum atomic E-state index is -0.413. The van der Waals surface area contributed by atoms with E-state index in [-0.39, 0.29) is 35.5 Å². The van der Waals surface area contributed by atoms with Crippen LogP contribution in [0.15, 0.2) is 134 Å². The monoisotopic (exact) mass is 842 g/mol. The van der Waals surface area contributed by atoms with Gasteiger partial charge in [-0.15, -0.1) is 0 Å². The lowest BCUT2D eigenvalue weighted by Gasteiger charge is -2.23. The normalized spacial score (nSPS) is 13.4. The number of nitrogens with one attached hydrogen (secondary N) is 3. The van der Waals surface area contributed by atoms with E-state index in [2.05, 4.69) is 26.2 Å². The number of hydrogen-bond acceptors (Lipinski definition) is 8. The largest absolute Gasteiger partial charge is 0.312 e. The Bertz CT molecular complexity index is 2610. The molecule has 320 valence electrons. The number of nitrogen functional groups attached to an aromatic ring is 1. The van der Waals surface area contributed by atoms with Crippen molar-refractivity contribution in [2.75, 3.05) is 22.9 Å². The molecule has 0 fully saturated rings. The second-order valence-corrected chi connectivity index (χ2v) is 15.8. The summed E-state index contributed by atoms with van der Waals surface area (Å²) in [4.78, 5) is 75.1. The Morgan fingerprint density at radius 1 is 0.571 bits per heavy atom. The van der Waals surface area contributed by atoms with Crippen LogP contribution in [0.4, 0.5) is 11.4 Å². The summed E-state index contributed by atoms with van der Waals surface area (Å²) in [7, 11) is 0. The Morgan fingerprint density at radius 3 is 1.38 bits per heavy atom. The van der Waals surface area contributed by atoms with Gasteiger partial charge in [-0.1, -0.05) is 74.5 Å². The van der Waals surface area contributed by atoms with Crippen molar-refractivity contribution < 1.29 is 24.0 Å². The molecule has 63 heavy (non-hydrogen) atoms. The molecule has 0 unspecified atom stereocenters. The molecule has 2 aliphatic heterocycles. The molecule has 4 aromatic carbocycles. The molecule has 13 heteroatoms. The molecule has 6 aromatic rings. The minimum absolute atomic E-state index is 0.0256. The molecule has 2 aliphatic rings. The summed E-state index contributed by atoms with van der Waals surface area (Å²) in [5, 5.41) is 0.